The van der Waals surface area contributed by atoms with Gasteiger partial charge in [0, 0.05) is 85.2 Å². The molecule has 0 spiro atoms. The number of aromatic nitrogens is 4. The van der Waals surface area contributed by atoms with Crippen LogP contribution in [-0.4, -0.2) is 190 Å². The first-order chi connectivity index (χ1) is 42.4. The van der Waals surface area contributed by atoms with Gasteiger partial charge in [0.15, 0.2) is 0 Å². The first kappa shape index (κ1) is 72.3. The maximum atomic E-state index is 15.3. The number of anilines is 1. The van der Waals surface area contributed by atoms with Crippen molar-refractivity contribution >= 4 is 86.6 Å². The number of nitrogens with zero attached hydrogens (tertiary/aromatic N) is 6. The van der Waals surface area contributed by atoms with Crippen molar-refractivity contribution in [2.75, 3.05) is 70.8 Å². The summed E-state index contributed by atoms with van der Waals surface area (Å²) in [6.07, 6.45) is 8.30. The minimum absolute atomic E-state index is 0. The van der Waals surface area contributed by atoms with Crippen LogP contribution < -0.4 is 5.32 Å². The molecule has 4 aliphatic rings. The molecule has 2 unspecified atom stereocenters. The zero-order chi connectivity index (χ0) is 64.8. The molecule has 24 heteroatoms. The molecule has 3 amide bonds. The second-order valence-electron chi connectivity index (χ2n) is 23.7. The van der Waals surface area contributed by atoms with Crippen LogP contribution in [0.2, 0.25) is 0 Å². The van der Waals surface area contributed by atoms with Crippen molar-refractivity contribution in [3.8, 4) is 0 Å². The number of carbonyl (C=O) groups is 8. The maximum Gasteiger partial charge on any atom is 3.00 e. The number of carboxylic acids is 5. The Balaban J connectivity index is 0.0000129. The van der Waals surface area contributed by atoms with Gasteiger partial charge in [-0.2, -0.15) is 0 Å². The van der Waals surface area contributed by atoms with E-state index in [1.165, 1.54) is 14.7 Å². The van der Waals surface area contributed by atoms with Crippen molar-refractivity contribution in [2.24, 2.45) is 0 Å². The number of nitrogens with one attached hydrogen (secondary N) is 3. The number of fused-ring (bicyclic) bond motifs is 8. The van der Waals surface area contributed by atoms with Crippen LogP contribution in [-0.2, 0) is 39.9 Å². The van der Waals surface area contributed by atoms with Gasteiger partial charge in [0.05, 0.1) is 78.2 Å². The Bertz CT molecular complexity index is 3410. The molecule has 0 saturated carbocycles. The van der Waals surface area contributed by atoms with Crippen LogP contribution in [0.15, 0.2) is 42.5 Å². The molecule has 485 valence electrons. The van der Waals surface area contributed by atoms with Crippen molar-refractivity contribution in [1.29, 1.82) is 0 Å². The monoisotopic (exact) mass is 1390 g/mol. The van der Waals surface area contributed by atoms with Crippen molar-refractivity contribution in [3.05, 3.63) is 98.9 Å². The number of aliphatic carboxylic acids is 5. The van der Waals surface area contributed by atoms with Gasteiger partial charge in [0.1, 0.15) is 0 Å². The summed E-state index contributed by atoms with van der Waals surface area (Å²) in [7, 11) is 0. The van der Waals surface area contributed by atoms with Crippen molar-refractivity contribution in [2.45, 2.75) is 156 Å². The SMILES string of the molecule is CCCCCCOC(C)C1=C(C)c2cc3[nH]c(c4c5[nH]c(cc6nc(cc1n2)C(C)=C6CC)c(C)c5C(=O)N(CCCCCC)C4=O)[C@@H](CCC(=O)Nc1ccc(CC(CN(CCN(CC(=O)O)CC(=O)O)CC(=O)O)N(CC(=O)O)CC(=O)O)cc1)[C@@H]3C.[Gd+3]. The first-order valence-electron chi connectivity index (χ1n) is 31.1. The zero-order valence-corrected chi connectivity index (χ0v) is 55.1. The molecule has 4 aliphatic heterocycles. The average Bonchev–Trinajstić information content (AvgIpc) is 1.55. The Kier molecular flexibility index (Phi) is 26.9. The van der Waals surface area contributed by atoms with Crippen LogP contribution in [0.3, 0.4) is 0 Å². The maximum absolute atomic E-state index is 15.3. The summed E-state index contributed by atoms with van der Waals surface area (Å²) in [5.41, 5.74) is 11.7. The number of hydrogen-bond donors (Lipinski definition) is 8. The molecule has 7 rings (SSSR count). The molecule has 1 radical (unpaired) electrons. The molecule has 1 aromatic carbocycles. The van der Waals surface area contributed by atoms with E-state index in [-0.39, 0.29) is 109 Å². The number of carbonyl (C=O) groups excluding carboxylic acids is 3. The number of carboxylic acid groups (broad SMARTS) is 5. The Hall–Kier alpha value is -6.80. The number of ether oxygens (including phenoxy) is 1. The number of aryl methyl sites for hydroxylation is 1. The van der Waals surface area contributed by atoms with E-state index in [0.717, 1.165) is 94.9 Å². The molecular weight excluding hydrogens is 1300 g/mol. The Labute approximate surface area is 557 Å². The van der Waals surface area contributed by atoms with Gasteiger partial charge in [0.2, 0.25) is 5.91 Å². The van der Waals surface area contributed by atoms with E-state index in [1.54, 1.807) is 24.3 Å². The minimum Gasteiger partial charge on any atom is -0.480 e. The molecule has 2 aromatic heterocycles. The van der Waals surface area contributed by atoms with Gasteiger partial charge in [-0.25, -0.2) is 9.97 Å². The molecule has 0 saturated heterocycles. The van der Waals surface area contributed by atoms with Crippen molar-refractivity contribution < 1.29 is 109 Å². The number of H-pyrrole nitrogens is 2. The number of allylic oxidation sites excluding steroid dienone is 3. The Morgan fingerprint density at radius 3 is 1.88 bits per heavy atom. The van der Waals surface area contributed by atoms with Crippen LogP contribution in [0.1, 0.15) is 197 Å². The predicted octanol–water partition coefficient (Wildman–Crippen LogP) is 9.33. The van der Waals surface area contributed by atoms with E-state index in [0.29, 0.717) is 69.8 Å². The second-order valence-corrected chi connectivity index (χ2v) is 23.7. The molecular formula is C66H87GdN9O14+3. The number of unbranched alkanes of at least 4 members (excludes halogenated alkanes) is 6. The third kappa shape index (κ3) is 18.5. The van der Waals surface area contributed by atoms with Gasteiger partial charge >= 0.3 is 69.8 Å². The fraction of sp³-hybridized carbons (Fsp3) is 0.515. The minimum atomic E-state index is -1.34. The molecule has 8 bridgehead atoms. The van der Waals surface area contributed by atoms with Gasteiger partial charge in [0.25, 0.3) is 11.8 Å². The number of benzene rings is 1. The summed E-state index contributed by atoms with van der Waals surface area (Å²) in [5.74, 6) is -8.46. The molecule has 6 heterocycles. The molecule has 8 N–H and O–H groups in total. The van der Waals surface area contributed by atoms with Crippen LogP contribution in [0, 0.1) is 46.9 Å². The molecule has 0 aliphatic carbocycles. The fourth-order valence-corrected chi connectivity index (χ4v) is 12.5. The summed E-state index contributed by atoms with van der Waals surface area (Å²) in [6, 6.07) is 11.7. The van der Waals surface area contributed by atoms with Crippen molar-refractivity contribution in [1.82, 2.24) is 39.5 Å². The first-order valence-corrected chi connectivity index (χ1v) is 31.1. The summed E-state index contributed by atoms with van der Waals surface area (Å²) in [5, 5.41) is 51.3. The number of hydrogen-bond acceptors (Lipinski definition) is 14. The summed E-state index contributed by atoms with van der Waals surface area (Å²) < 4.78 is 6.54. The third-order valence-corrected chi connectivity index (χ3v) is 17.2. The van der Waals surface area contributed by atoms with E-state index < -0.39 is 80.4 Å². The van der Waals surface area contributed by atoms with Gasteiger partial charge < -0.3 is 45.6 Å². The van der Waals surface area contributed by atoms with Crippen LogP contribution in [0.5, 0.6) is 0 Å². The number of imide groups is 1. The van der Waals surface area contributed by atoms with E-state index >= 15 is 4.79 Å². The van der Waals surface area contributed by atoms with Gasteiger partial charge in [-0.3, -0.25) is 58.0 Å². The van der Waals surface area contributed by atoms with E-state index in [1.807, 2.05) is 32.0 Å². The fourth-order valence-electron chi connectivity index (χ4n) is 12.5. The molecule has 90 heavy (non-hydrogen) atoms. The van der Waals surface area contributed by atoms with E-state index in [4.69, 9.17) is 14.7 Å². The zero-order valence-electron chi connectivity index (χ0n) is 52.9. The normalized spacial score (nSPS) is 15.8. The molecule has 23 nitrogen and oxygen atoms in total. The molecule has 3 aromatic rings. The van der Waals surface area contributed by atoms with Crippen molar-refractivity contribution in [3.63, 3.8) is 0 Å². The Morgan fingerprint density at radius 1 is 0.689 bits per heavy atom. The van der Waals surface area contributed by atoms with Gasteiger partial charge in [-0.05, 0) is 118 Å². The largest absolute Gasteiger partial charge is 3.00 e. The number of aromatic amines is 2. The predicted molar refractivity (Wildman–Crippen MR) is 337 cm³/mol. The average molecular weight is 1390 g/mol. The van der Waals surface area contributed by atoms with Crippen LogP contribution >= 0.6 is 0 Å². The summed E-state index contributed by atoms with van der Waals surface area (Å²) >= 11 is 0. The number of amides is 3. The van der Waals surface area contributed by atoms with Crippen LogP contribution in [0.25, 0.3) is 33.3 Å². The van der Waals surface area contributed by atoms with E-state index in [2.05, 4.69) is 56.8 Å². The van der Waals surface area contributed by atoms with Gasteiger partial charge in [-0.1, -0.05) is 78.4 Å². The van der Waals surface area contributed by atoms with Gasteiger partial charge in [-0.15, -0.1) is 0 Å². The summed E-state index contributed by atoms with van der Waals surface area (Å²) in [4.78, 5) is 126. The molecule has 4 atom stereocenters. The second kappa shape index (κ2) is 33.5. The van der Waals surface area contributed by atoms with Crippen LogP contribution in [0.4, 0.5) is 5.69 Å². The summed E-state index contributed by atoms with van der Waals surface area (Å²) in [6.45, 7) is 13.4. The quantitative estimate of drug-likeness (QED) is 0.0201. The van der Waals surface area contributed by atoms with E-state index in [9.17, 15) is 59.1 Å². The third-order valence-electron chi connectivity index (χ3n) is 17.2. The Morgan fingerprint density at radius 2 is 1.27 bits per heavy atom. The topological polar surface area (TPSA) is 329 Å². The molecule has 0 fully saturated rings. The smallest absolute Gasteiger partial charge is 0.480 e. The standard InChI is InChI=1S/C66H87N9O14.Gd/c1-9-12-14-16-24-75-65(87)61-41(7)51-30-52-46(11-3)38(4)48(68-52)31-53-60(42(8)89-27-17-15-13-10-2)40(6)50(69-53)29-49-39(5)47(63(70-49)62(66(75)88)64(61)71-51)22-23-54(76)67-44-20-18-43(19-21-44)28-45(74(36-58(83)84)37-59(85)86)32-72(33-55(77)78)25-26-73(34-56(79)80)35-57(81)82;/h18-21,29-31,39,42,45,47,70-71H,9-17,22-28,32-37H2,1-8H3,(H,67,76)(H,77,78)(H,79,80)(H,81,82)(H,83,84)(H,85,86);/q;+3/t39-,42?,45?,47-;/m0./s1. The number of rotatable bonds is 35.